The molecule has 0 saturated carbocycles. The predicted molar refractivity (Wildman–Crippen MR) is 408 cm³/mol. The number of primary amides is 1. The van der Waals surface area contributed by atoms with E-state index in [1.165, 1.54) is 25.7 Å². The Morgan fingerprint density at radius 2 is 0.867 bits per heavy atom. The van der Waals surface area contributed by atoms with Crippen molar-refractivity contribution >= 4 is 106 Å². The third-order valence-corrected chi connectivity index (χ3v) is 17.6. The summed E-state index contributed by atoms with van der Waals surface area (Å²) in [6.07, 6.45) is -3.06. The minimum Gasteiger partial charge on any atom is -0.480 e. The number of aliphatic hydroxyl groups excluding tert-OH is 4. The number of nitrogens with one attached hydrogen (secondary N) is 13. The van der Waals surface area contributed by atoms with E-state index in [9.17, 15) is 102 Å². The Bertz CT molecular complexity index is 3210. The van der Waals surface area contributed by atoms with Crippen LogP contribution in [0.4, 0.5) is 0 Å². The minimum absolute atomic E-state index is 0.0103. The quantitative estimate of drug-likeness (QED) is 0.0153. The predicted octanol–water partition coefficient (Wildman–Crippen LogP) is -12.5. The third kappa shape index (κ3) is 39.7. The van der Waals surface area contributed by atoms with E-state index in [4.69, 9.17) is 45.9 Å². The van der Waals surface area contributed by atoms with Crippen LogP contribution in [0.3, 0.4) is 0 Å². The molecule has 16 atom stereocenters. The zero-order valence-electron chi connectivity index (χ0n) is 65.3. The summed E-state index contributed by atoms with van der Waals surface area (Å²) in [6, 6.07) is -19.6. The van der Waals surface area contributed by atoms with E-state index in [1.54, 1.807) is 14.1 Å². The van der Waals surface area contributed by atoms with Crippen LogP contribution < -0.4 is 115 Å². The van der Waals surface area contributed by atoms with Crippen LogP contribution >= 0.6 is 0 Å². The summed E-state index contributed by atoms with van der Waals surface area (Å²) in [4.78, 5) is 226. The van der Waals surface area contributed by atoms with Gasteiger partial charge in [0.15, 0.2) is 11.9 Å². The van der Waals surface area contributed by atoms with E-state index in [-0.39, 0.29) is 102 Å². The van der Waals surface area contributed by atoms with Crippen LogP contribution in [0.1, 0.15) is 144 Å². The second kappa shape index (κ2) is 53.6. The molecule has 0 unspecified atom stereocenters. The number of carbonyl (C=O) groups excluding carboxylic acids is 15. The molecule has 0 radical (unpaired) electrons. The van der Waals surface area contributed by atoms with Crippen molar-refractivity contribution in [3.63, 3.8) is 0 Å². The molecule has 1 heterocycles. The third-order valence-electron chi connectivity index (χ3n) is 17.6. The molecule has 1 saturated heterocycles. The summed E-state index contributed by atoms with van der Waals surface area (Å²) < 4.78 is 0. The molecule has 0 spiro atoms. The molecule has 34 N–H and O–H groups in total. The zero-order valence-corrected chi connectivity index (χ0v) is 65.3. The summed E-state index contributed by atoms with van der Waals surface area (Å²) in [5, 5.41) is 82.5. The van der Waals surface area contributed by atoms with Crippen molar-refractivity contribution in [3.05, 3.63) is 0 Å². The number of hydrogen-bond donors (Lipinski definition) is 26. The average molecular weight is 1610 g/mol. The Morgan fingerprint density at radius 3 is 1.34 bits per heavy atom. The fourth-order valence-electron chi connectivity index (χ4n) is 11.1. The normalized spacial score (nSPS) is 16.5. The molecule has 1 fully saturated rings. The first kappa shape index (κ1) is 101. The largest absolute Gasteiger partial charge is 0.480 e. The Hall–Kier alpha value is -10.3. The van der Waals surface area contributed by atoms with Crippen molar-refractivity contribution in [1.29, 1.82) is 0 Å². The molecule has 113 heavy (non-hydrogen) atoms. The van der Waals surface area contributed by atoms with Crippen LogP contribution in [-0.4, -0.2) is 312 Å². The highest BCUT2D eigenvalue weighted by Crippen LogP contribution is 2.20. The van der Waals surface area contributed by atoms with E-state index in [0.717, 1.165) is 13.8 Å². The molecule has 0 aromatic rings. The van der Waals surface area contributed by atoms with Crippen molar-refractivity contribution in [2.75, 3.05) is 73.1 Å². The van der Waals surface area contributed by atoms with Gasteiger partial charge in [-0.15, -0.1) is 0 Å². The van der Waals surface area contributed by atoms with E-state index in [1.807, 2.05) is 4.90 Å². The van der Waals surface area contributed by atoms with Gasteiger partial charge in [0.2, 0.25) is 88.6 Å². The van der Waals surface area contributed by atoms with Gasteiger partial charge in [0.1, 0.15) is 78.5 Å². The van der Waals surface area contributed by atoms with Gasteiger partial charge in [-0.05, 0) is 171 Å². The minimum atomic E-state index is -1.89. The number of carboxylic acids is 1. The van der Waals surface area contributed by atoms with Gasteiger partial charge in [-0.3, -0.25) is 81.9 Å². The topological polar surface area (TPSA) is 770 Å². The Balaban J connectivity index is 3.30. The van der Waals surface area contributed by atoms with Gasteiger partial charge in [0.05, 0.1) is 38.0 Å². The number of rotatable bonds is 56. The van der Waals surface area contributed by atoms with Crippen LogP contribution in [0, 0.1) is 0 Å². The van der Waals surface area contributed by atoms with E-state index in [2.05, 4.69) is 79.1 Å². The number of unbranched alkanes of at least 4 members (excludes halogenated alkanes) is 3. The van der Waals surface area contributed by atoms with Crippen molar-refractivity contribution < 1.29 is 102 Å². The Morgan fingerprint density at radius 1 is 0.451 bits per heavy atom. The van der Waals surface area contributed by atoms with Crippen molar-refractivity contribution in [2.45, 2.75) is 241 Å². The maximum atomic E-state index is 14.4. The lowest BCUT2D eigenvalue weighted by molar-refractivity contribution is -0.145. The van der Waals surface area contributed by atoms with E-state index in [0.29, 0.717) is 45.1 Å². The number of aliphatic hydroxyl groups is 4. The van der Waals surface area contributed by atoms with Crippen LogP contribution in [0.15, 0.2) is 9.98 Å². The highest BCUT2D eigenvalue weighted by Gasteiger charge is 2.40. The molecule has 1 aliphatic rings. The van der Waals surface area contributed by atoms with Crippen molar-refractivity contribution in [3.8, 4) is 0 Å². The van der Waals surface area contributed by atoms with Crippen LogP contribution in [0.2, 0.25) is 0 Å². The summed E-state index contributed by atoms with van der Waals surface area (Å²) in [6.45, 7) is 4.29. The number of aliphatic carboxylic acids is 1. The van der Waals surface area contributed by atoms with Gasteiger partial charge >= 0.3 is 5.97 Å². The van der Waals surface area contributed by atoms with E-state index >= 15 is 0 Å². The Labute approximate surface area is 655 Å². The zero-order chi connectivity index (χ0) is 85.8. The van der Waals surface area contributed by atoms with Gasteiger partial charge in [0, 0.05) is 26.1 Å². The standard InChI is InChI=1S/C67H123N25O21/c1-34(80-63(110)52(38(5)96)90-58(105)43(23-24-47(70)97)85-55(102)41(18-9-12-26-69)86-61(108)50(71)36(3)94)53(100)83-42(20-14-27-76-66(72)73)56(103)84-40(19-10-13-29-91(6)7)57(104)88-45(33-93)59(106)89-51(37(4)95)62(109)79-31-48(98)78-32-49(99)82-39(17-8-11-25-68)54(101)81-35(2)64(111)92-30-16-22-46(92)60(107)87-44(65(112)113)21-15-28-77-67(74)75/h34-46,50-52,93-96H,8-33,68-69,71H2,1-7H3,(H2,70,97)(H,78,98)(H,79,109)(H,80,110)(H,81,101)(H,82,99)(H,83,100)(H,84,103)(H,85,102)(H,86,108)(H,87,107)(H,88,104)(H,89,106)(H,90,105)(H,112,113)(H4,72,73,76)(H4,74,75,77)/t34-,35-,36+,37+,38+,39-,40-,41-,42-,43-,44-,45-,46-,50-,51-,52-/m0/s1. The molecule has 0 bridgehead atoms. The molecule has 46 nitrogen and oxygen atoms in total. The maximum Gasteiger partial charge on any atom is 0.326 e. The second-order valence-electron chi connectivity index (χ2n) is 27.6. The smallest absolute Gasteiger partial charge is 0.326 e. The van der Waals surface area contributed by atoms with Crippen LogP contribution in [0.5, 0.6) is 0 Å². The van der Waals surface area contributed by atoms with Gasteiger partial charge in [0.25, 0.3) is 0 Å². The number of carbonyl (C=O) groups is 16. The molecule has 0 aromatic carbocycles. The summed E-state index contributed by atoms with van der Waals surface area (Å²) >= 11 is 0. The molecule has 15 amide bonds. The first-order valence-corrected chi connectivity index (χ1v) is 37.4. The number of aliphatic imine (C=N–C) groups is 2. The van der Waals surface area contributed by atoms with E-state index < -0.39 is 224 Å². The fraction of sp³-hybridized carbons (Fsp3) is 0.731. The second-order valence-corrected chi connectivity index (χ2v) is 27.6. The number of amides is 15. The SMILES string of the molecule is C[C@H](NC(=O)[C@@H](NC(=O)[C@H](CCC(N)=O)NC(=O)[C@H](CCCCN)NC(=O)[C@@H](N)[C@@H](C)O)[C@@H](C)O)C(=O)N[C@@H](CCCN=C(N)N)C(=O)N[C@@H](CCCCN(C)C)C(=O)N[C@@H](CO)C(=O)N[C@H](C(=O)NCC(=O)NCC(=O)N[C@@H](CCCCN)C(=O)N[C@@H](C)C(=O)N1CCC[C@H]1C(=O)N[C@@H](CCCN=C(N)N)C(=O)O)[C@@H](C)O. The lowest BCUT2D eigenvalue weighted by atomic mass is 10.0. The number of nitrogens with two attached hydrogens (primary N) is 8. The highest BCUT2D eigenvalue weighted by molar-refractivity contribution is 6.00. The van der Waals surface area contributed by atoms with Crippen molar-refractivity contribution in [2.24, 2.45) is 55.9 Å². The lowest BCUT2D eigenvalue weighted by Crippen LogP contribution is -2.62. The first-order valence-electron chi connectivity index (χ1n) is 37.4. The van der Waals surface area contributed by atoms with Gasteiger partial charge in [-0.2, -0.15) is 0 Å². The number of likely N-dealkylation sites (tertiary alicyclic amines) is 1. The van der Waals surface area contributed by atoms with Gasteiger partial charge < -0.3 is 150 Å². The number of nitrogens with zero attached hydrogens (tertiary/aromatic N) is 4. The summed E-state index contributed by atoms with van der Waals surface area (Å²) in [5.41, 5.74) is 44.1. The number of carboxylic acid groups (broad SMARTS) is 1. The molecule has 1 aliphatic heterocycles. The number of hydrogen-bond acceptors (Lipinski definition) is 26. The van der Waals surface area contributed by atoms with Gasteiger partial charge in [-0.1, -0.05) is 0 Å². The fourth-order valence-corrected chi connectivity index (χ4v) is 11.1. The summed E-state index contributed by atoms with van der Waals surface area (Å²) in [5.74, 6) is -16.5. The maximum absolute atomic E-state index is 14.4. The Kier molecular flexibility index (Phi) is 47.8. The molecule has 0 aliphatic carbocycles. The molecule has 0 aromatic heterocycles. The van der Waals surface area contributed by atoms with Crippen LogP contribution in [0.25, 0.3) is 0 Å². The summed E-state index contributed by atoms with van der Waals surface area (Å²) in [7, 11) is 3.56. The molecular formula is C67H123N25O21. The first-order chi connectivity index (χ1) is 53.1. The average Bonchev–Trinajstić information content (AvgIpc) is 1.71. The monoisotopic (exact) mass is 1610 g/mol. The lowest BCUT2D eigenvalue weighted by Gasteiger charge is -2.29. The highest BCUT2D eigenvalue weighted by atomic mass is 16.4. The molecular weight excluding hydrogens is 1490 g/mol. The van der Waals surface area contributed by atoms with Gasteiger partial charge in [-0.25, -0.2) is 4.79 Å². The molecule has 1 rings (SSSR count). The molecule has 46 heteroatoms. The van der Waals surface area contributed by atoms with Crippen LogP contribution in [-0.2, 0) is 76.7 Å². The molecule has 642 valence electrons. The van der Waals surface area contributed by atoms with Crippen molar-refractivity contribution in [1.82, 2.24) is 78.9 Å². The number of guanidine groups is 2.